The zero-order chi connectivity index (χ0) is 22.4. The Morgan fingerprint density at radius 2 is 1.73 bits per heavy atom. The quantitative estimate of drug-likeness (QED) is 0.597. The molecule has 0 spiro atoms. The number of carbonyl (C=O) groups is 2. The highest BCUT2D eigenvalue weighted by atomic mass is 35.5. The maximum absolute atomic E-state index is 12.1. The first-order valence-electron chi connectivity index (χ1n) is 9.29. The Bertz CT molecular complexity index is 999. The van der Waals surface area contributed by atoms with Crippen LogP contribution in [-0.4, -0.2) is 33.4 Å². The first-order valence-corrected chi connectivity index (χ1v) is 11.1. The van der Waals surface area contributed by atoms with Crippen LogP contribution in [0.4, 0.5) is 5.69 Å². The van der Waals surface area contributed by atoms with E-state index in [0.717, 1.165) is 5.56 Å². The van der Waals surface area contributed by atoms with Gasteiger partial charge >= 0.3 is 5.97 Å². The van der Waals surface area contributed by atoms with Crippen LogP contribution < -0.4 is 10.0 Å². The smallest absolute Gasteiger partial charge is 0.307 e. The normalized spacial score (nSPS) is 11.7. The lowest BCUT2D eigenvalue weighted by atomic mass is 9.87. The summed E-state index contributed by atoms with van der Waals surface area (Å²) < 4.78 is 31.4. The van der Waals surface area contributed by atoms with Gasteiger partial charge in [0.1, 0.15) is 0 Å². The van der Waals surface area contributed by atoms with E-state index >= 15 is 0 Å². The number of sulfonamides is 1. The molecule has 0 heterocycles. The van der Waals surface area contributed by atoms with E-state index in [1.807, 2.05) is 12.1 Å². The lowest BCUT2D eigenvalue weighted by Gasteiger charge is -2.19. The maximum atomic E-state index is 12.1. The summed E-state index contributed by atoms with van der Waals surface area (Å²) in [5.41, 5.74) is 1.73. The van der Waals surface area contributed by atoms with Gasteiger partial charge < -0.3 is 10.1 Å². The van der Waals surface area contributed by atoms with Crippen LogP contribution in [0.1, 0.15) is 32.8 Å². The monoisotopic (exact) mass is 452 g/mol. The van der Waals surface area contributed by atoms with Gasteiger partial charge in [0, 0.05) is 17.3 Å². The first-order chi connectivity index (χ1) is 14.0. The fourth-order valence-electron chi connectivity index (χ4n) is 2.47. The lowest BCUT2D eigenvalue weighted by molar-refractivity contribution is -0.147. The van der Waals surface area contributed by atoms with Gasteiger partial charge in [0.15, 0.2) is 6.61 Å². The van der Waals surface area contributed by atoms with Crippen molar-refractivity contribution >= 4 is 39.2 Å². The fraction of sp³-hybridized carbons (Fsp3) is 0.333. The van der Waals surface area contributed by atoms with Crippen LogP contribution in [0.3, 0.4) is 0 Å². The van der Waals surface area contributed by atoms with Gasteiger partial charge in [0.05, 0.1) is 11.3 Å². The van der Waals surface area contributed by atoms with E-state index < -0.39 is 28.5 Å². The molecule has 0 saturated heterocycles. The predicted molar refractivity (Wildman–Crippen MR) is 116 cm³/mol. The summed E-state index contributed by atoms with van der Waals surface area (Å²) in [5, 5.41) is 2.93. The molecule has 2 rings (SSSR count). The number of esters is 1. The van der Waals surface area contributed by atoms with E-state index in [1.165, 1.54) is 18.2 Å². The van der Waals surface area contributed by atoms with Crippen molar-refractivity contribution in [2.24, 2.45) is 0 Å². The molecule has 0 aliphatic heterocycles. The summed E-state index contributed by atoms with van der Waals surface area (Å²) >= 11 is 5.79. The number of carbonyl (C=O) groups excluding carboxylic acids is 2. The minimum atomic E-state index is -3.79. The highest BCUT2D eigenvalue weighted by molar-refractivity contribution is 7.89. The highest BCUT2D eigenvalue weighted by Crippen LogP contribution is 2.23. The summed E-state index contributed by atoms with van der Waals surface area (Å²) in [4.78, 5) is 23.7. The average Bonchev–Trinajstić information content (AvgIpc) is 2.66. The van der Waals surface area contributed by atoms with Crippen LogP contribution in [0.5, 0.6) is 0 Å². The average molecular weight is 453 g/mol. The van der Waals surface area contributed by atoms with Gasteiger partial charge in [-0.05, 0) is 41.3 Å². The Morgan fingerprint density at radius 3 is 2.33 bits per heavy atom. The second-order valence-electron chi connectivity index (χ2n) is 7.64. The van der Waals surface area contributed by atoms with Crippen molar-refractivity contribution < 1.29 is 22.7 Å². The zero-order valence-corrected chi connectivity index (χ0v) is 18.6. The number of rotatable bonds is 8. The molecule has 7 nitrogen and oxygen atoms in total. The molecule has 9 heteroatoms. The van der Waals surface area contributed by atoms with E-state index in [0.29, 0.717) is 5.69 Å². The SMILES string of the molecule is CC(C)(C)c1ccc(NC(=O)COC(=O)CCNS(=O)(=O)c2cccc(Cl)c2)cc1. The van der Waals surface area contributed by atoms with Crippen LogP contribution >= 0.6 is 11.6 Å². The number of hydrogen-bond acceptors (Lipinski definition) is 5. The first kappa shape index (κ1) is 23.9. The van der Waals surface area contributed by atoms with Crippen molar-refractivity contribution in [2.75, 3.05) is 18.5 Å². The number of benzene rings is 2. The van der Waals surface area contributed by atoms with E-state index in [4.69, 9.17) is 16.3 Å². The molecule has 30 heavy (non-hydrogen) atoms. The second-order valence-corrected chi connectivity index (χ2v) is 9.84. The van der Waals surface area contributed by atoms with Crippen LogP contribution in [-0.2, 0) is 29.8 Å². The van der Waals surface area contributed by atoms with Gasteiger partial charge in [0.25, 0.3) is 5.91 Å². The molecule has 0 atom stereocenters. The van der Waals surface area contributed by atoms with Gasteiger partial charge in [-0.1, -0.05) is 50.6 Å². The largest absolute Gasteiger partial charge is 0.456 e. The van der Waals surface area contributed by atoms with Gasteiger partial charge in [0.2, 0.25) is 10.0 Å². The number of halogens is 1. The van der Waals surface area contributed by atoms with Crippen LogP contribution in [0.25, 0.3) is 0 Å². The number of amides is 1. The number of nitrogens with one attached hydrogen (secondary N) is 2. The van der Waals surface area contributed by atoms with Crippen LogP contribution in [0, 0.1) is 0 Å². The van der Waals surface area contributed by atoms with Crippen molar-refractivity contribution in [2.45, 2.75) is 37.5 Å². The van der Waals surface area contributed by atoms with Crippen molar-refractivity contribution in [3.63, 3.8) is 0 Å². The molecule has 0 saturated carbocycles. The van der Waals surface area contributed by atoms with Gasteiger partial charge in [-0.15, -0.1) is 0 Å². The highest BCUT2D eigenvalue weighted by Gasteiger charge is 2.16. The standard InChI is InChI=1S/C21H25ClN2O5S/c1-21(2,3)15-7-9-17(10-8-15)24-19(25)14-29-20(26)11-12-23-30(27,28)18-6-4-5-16(22)13-18/h4-10,13,23H,11-12,14H2,1-3H3,(H,24,25). The minimum Gasteiger partial charge on any atom is -0.456 e. The Balaban J connectivity index is 1.74. The van der Waals surface area contributed by atoms with E-state index in [2.05, 4.69) is 30.8 Å². The summed E-state index contributed by atoms with van der Waals surface area (Å²) in [6.45, 7) is 5.66. The van der Waals surface area contributed by atoms with Crippen molar-refractivity contribution in [3.05, 3.63) is 59.1 Å². The predicted octanol–water partition coefficient (Wildman–Crippen LogP) is 3.49. The van der Waals surface area contributed by atoms with E-state index in [1.54, 1.807) is 18.2 Å². The van der Waals surface area contributed by atoms with Crippen molar-refractivity contribution in [1.29, 1.82) is 0 Å². The molecule has 2 N–H and O–H groups in total. The Labute approximate surface area is 181 Å². The van der Waals surface area contributed by atoms with Crippen molar-refractivity contribution in [1.82, 2.24) is 4.72 Å². The Kier molecular flexibility index (Phi) is 8.00. The number of ether oxygens (including phenoxy) is 1. The fourth-order valence-corrected chi connectivity index (χ4v) is 3.81. The molecule has 2 aromatic rings. The molecule has 0 aliphatic rings. The van der Waals surface area contributed by atoms with Gasteiger partial charge in [-0.25, -0.2) is 13.1 Å². The molecular formula is C21H25ClN2O5S. The molecule has 0 aliphatic carbocycles. The third kappa shape index (κ3) is 7.44. The Morgan fingerprint density at radius 1 is 1.07 bits per heavy atom. The molecule has 2 aromatic carbocycles. The number of hydrogen-bond donors (Lipinski definition) is 2. The zero-order valence-electron chi connectivity index (χ0n) is 17.1. The molecular weight excluding hydrogens is 428 g/mol. The van der Waals surface area contributed by atoms with Crippen LogP contribution in [0.2, 0.25) is 5.02 Å². The second kappa shape index (κ2) is 10.1. The molecule has 0 unspecified atom stereocenters. The molecule has 1 amide bonds. The summed E-state index contributed by atoms with van der Waals surface area (Å²) in [6.07, 6.45) is -0.215. The molecule has 0 fully saturated rings. The third-order valence-electron chi connectivity index (χ3n) is 4.13. The Hall–Kier alpha value is -2.42. The van der Waals surface area contributed by atoms with Gasteiger partial charge in [-0.2, -0.15) is 0 Å². The van der Waals surface area contributed by atoms with Crippen molar-refractivity contribution in [3.8, 4) is 0 Å². The summed E-state index contributed by atoms with van der Waals surface area (Å²) in [5.74, 6) is -1.17. The molecule has 0 bridgehead atoms. The number of anilines is 1. The molecule has 162 valence electrons. The van der Waals surface area contributed by atoms with Crippen LogP contribution in [0.15, 0.2) is 53.4 Å². The summed E-state index contributed by atoms with van der Waals surface area (Å²) in [6, 6.07) is 13.2. The third-order valence-corrected chi connectivity index (χ3v) is 5.82. The molecule has 0 radical (unpaired) electrons. The van der Waals surface area contributed by atoms with Gasteiger partial charge in [-0.3, -0.25) is 9.59 Å². The molecule has 0 aromatic heterocycles. The summed E-state index contributed by atoms with van der Waals surface area (Å²) in [7, 11) is -3.79. The van der Waals surface area contributed by atoms with E-state index in [-0.39, 0.29) is 28.3 Å². The van der Waals surface area contributed by atoms with E-state index in [9.17, 15) is 18.0 Å². The minimum absolute atomic E-state index is 0.000208. The lowest BCUT2D eigenvalue weighted by Crippen LogP contribution is -2.28. The topological polar surface area (TPSA) is 102 Å². The maximum Gasteiger partial charge on any atom is 0.307 e.